The first kappa shape index (κ1) is 34.9. The number of hydrogen-bond acceptors (Lipinski definition) is 5. The summed E-state index contributed by atoms with van der Waals surface area (Å²) in [7, 11) is 0. The smallest absolute Gasteiger partial charge is 0.550 e. The summed E-state index contributed by atoms with van der Waals surface area (Å²) in [5, 5.41) is 11.3. The number of benzene rings is 1. The van der Waals surface area contributed by atoms with Gasteiger partial charge in [0.15, 0.2) is 0 Å². The van der Waals surface area contributed by atoms with Gasteiger partial charge in [-0.05, 0) is 120 Å². The summed E-state index contributed by atoms with van der Waals surface area (Å²) in [6.45, 7) is 2.83. The number of pyridine rings is 1. The number of piperidine rings is 2. The van der Waals surface area contributed by atoms with Gasteiger partial charge in [-0.25, -0.2) is 0 Å². The summed E-state index contributed by atoms with van der Waals surface area (Å²) < 4.78 is 2.03. The second kappa shape index (κ2) is 16.0. The Kier molecular flexibility index (Phi) is 13.0. The standard InChI is InChI=1S/C32H38Br2ClN3O4.Na/c33-24-16-23-6-5-22-17-25(35)18-26(34)30(22)31(32(23)36-19-24)21-9-13-38(14-10-21)28(40)15-20-7-11-37(12-8-20)27(39)3-1-2-4-29(41)42;/h16-21,31H,1-15H2,(H,41,42);/q;+1/p-1/t31-;/m1./s1. The van der Waals surface area contributed by atoms with Crippen LogP contribution in [0.25, 0.3) is 0 Å². The van der Waals surface area contributed by atoms with E-state index in [2.05, 4.69) is 44.0 Å². The molecule has 0 spiro atoms. The third kappa shape index (κ3) is 8.85. The maximum Gasteiger partial charge on any atom is 1.00 e. The van der Waals surface area contributed by atoms with E-state index in [9.17, 15) is 19.5 Å². The second-order valence-electron chi connectivity index (χ2n) is 12.0. The van der Waals surface area contributed by atoms with Gasteiger partial charge in [-0.2, -0.15) is 0 Å². The fourth-order valence-corrected chi connectivity index (χ4v) is 8.48. The van der Waals surface area contributed by atoms with Crippen LogP contribution in [0.2, 0.25) is 5.02 Å². The molecule has 2 saturated heterocycles. The predicted octanol–water partition coefficient (Wildman–Crippen LogP) is 2.67. The van der Waals surface area contributed by atoms with Crippen molar-refractivity contribution in [1.82, 2.24) is 14.8 Å². The number of carboxylic acids is 1. The summed E-state index contributed by atoms with van der Waals surface area (Å²) in [6, 6.07) is 6.29. The van der Waals surface area contributed by atoms with Gasteiger partial charge < -0.3 is 19.7 Å². The van der Waals surface area contributed by atoms with E-state index in [0.717, 1.165) is 71.3 Å². The van der Waals surface area contributed by atoms with E-state index < -0.39 is 5.97 Å². The summed E-state index contributed by atoms with van der Waals surface area (Å²) >= 11 is 13.9. The van der Waals surface area contributed by atoms with Crippen LogP contribution in [-0.2, 0) is 27.2 Å². The van der Waals surface area contributed by atoms with Crippen molar-refractivity contribution in [1.29, 1.82) is 0 Å². The summed E-state index contributed by atoms with van der Waals surface area (Å²) in [4.78, 5) is 45.2. The number of halogens is 3. The van der Waals surface area contributed by atoms with E-state index in [1.54, 1.807) is 0 Å². The normalized spacial score (nSPS) is 19.2. The molecule has 0 unspecified atom stereocenters. The van der Waals surface area contributed by atoms with Gasteiger partial charge in [-0.3, -0.25) is 14.6 Å². The van der Waals surface area contributed by atoms with Gasteiger partial charge in [0.05, 0.1) is 5.69 Å². The Hall–Kier alpha value is -0.970. The number of aryl methyl sites for hydroxylation is 2. The zero-order valence-electron chi connectivity index (χ0n) is 24.8. The van der Waals surface area contributed by atoms with Gasteiger partial charge in [-0.15, -0.1) is 0 Å². The molecule has 0 saturated carbocycles. The number of aliphatic carboxylic acids is 1. The van der Waals surface area contributed by atoms with Crippen LogP contribution in [0.1, 0.15) is 86.1 Å². The van der Waals surface area contributed by atoms with Gasteiger partial charge in [0.25, 0.3) is 0 Å². The minimum absolute atomic E-state index is 0. The SMILES string of the molecule is O=C([O-])CCCCC(=O)N1CCC(CC(=O)N2CCC([C@H]3c4ncc(Br)cc4CCc4cc(Cl)cc(Br)c43)CC2)CC1.[Na+]. The van der Waals surface area contributed by atoms with Crippen molar-refractivity contribution in [2.75, 3.05) is 26.2 Å². The number of aromatic nitrogens is 1. The van der Waals surface area contributed by atoms with E-state index in [-0.39, 0.29) is 53.7 Å². The predicted molar refractivity (Wildman–Crippen MR) is 167 cm³/mol. The molecule has 2 amide bonds. The van der Waals surface area contributed by atoms with Crippen molar-refractivity contribution >= 4 is 61.2 Å². The number of carbonyl (C=O) groups is 3. The van der Waals surface area contributed by atoms with Crippen LogP contribution in [-0.4, -0.2) is 58.7 Å². The van der Waals surface area contributed by atoms with Crippen LogP contribution < -0.4 is 34.7 Å². The first-order valence-electron chi connectivity index (χ1n) is 15.1. The molecule has 1 aliphatic carbocycles. The number of fused-ring (bicyclic) bond motifs is 2. The maximum atomic E-state index is 13.3. The molecule has 2 aliphatic heterocycles. The Labute approximate surface area is 298 Å². The molecule has 3 aliphatic rings. The first-order valence-corrected chi connectivity index (χ1v) is 17.0. The molecule has 2 aromatic rings. The monoisotopic (exact) mass is 743 g/mol. The summed E-state index contributed by atoms with van der Waals surface area (Å²) in [6.07, 6.45) is 9.19. The quantitative estimate of drug-likeness (QED) is 0.306. The average Bonchev–Trinajstić information content (AvgIpc) is 3.12. The van der Waals surface area contributed by atoms with Crippen LogP contribution in [0.4, 0.5) is 0 Å². The Bertz CT molecular complexity index is 1330. The number of carboxylic acid groups (broad SMARTS) is 1. The molecular formula is C32H37Br2ClN3NaO4. The topological polar surface area (TPSA) is 93.6 Å². The third-order valence-corrected chi connectivity index (χ3v) is 10.5. The van der Waals surface area contributed by atoms with Gasteiger partial charge in [0.2, 0.25) is 11.8 Å². The number of rotatable bonds is 8. The zero-order valence-corrected chi connectivity index (χ0v) is 30.7. The molecular weight excluding hydrogens is 709 g/mol. The van der Waals surface area contributed by atoms with Gasteiger partial charge >= 0.3 is 29.6 Å². The van der Waals surface area contributed by atoms with Crippen LogP contribution in [0.3, 0.4) is 0 Å². The van der Waals surface area contributed by atoms with Crippen molar-refractivity contribution in [3.8, 4) is 0 Å². The van der Waals surface area contributed by atoms with E-state index >= 15 is 0 Å². The van der Waals surface area contributed by atoms with Crippen LogP contribution in [0.5, 0.6) is 0 Å². The molecule has 7 nitrogen and oxygen atoms in total. The number of hydrogen-bond donors (Lipinski definition) is 0. The van der Waals surface area contributed by atoms with Crippen molar-refractivity contribution < 1.29 is 49.0 Å². The van der Waals surface area contributed by atoms with E-state index in [0.29, 0.717) is 50.6 Å². The average molecular weight is 746 g/mol. The Morgan fingerprint density at radius 3 is 2.21 bits per heavy atom. The van der Waals surface area contributed by atoms with Gasteiger partial charge in [0.1, 0.15) is 0 Å². The fraction of sp³-hybridized carbons (Fsp3) is 0.562. The van der Waals surface area contributed by atoms with Crippen LogP contribution in [0.15, 0.2) is 33.3 Å². The Morgan fingerprint density at radius 1 is 0.884 bits per heavy atom. The van der Waals surface area contributed by atoms with Crippen molar-refractivity contribution in [3.63, 3.8) is 0 Å². The zero-order chi connectivity index (χ0) is 29.8. The molecule has 11 heteroatoms. The minimum atomic E-state index is -1.07. The number of nitrogens with zero attached hydrogens (tertiary/aromatic N) is 3. The minimum Gasteiger partial charge on any atom is -0.550 e. The number of likely N-dealkylation sites (tertiary alicyclic amines) is 2. The van der Waals surface area contributed by atoms with Gasteiger partial charge in [0, 0.05) is 71.1 Å². The summed E-state index contributed by atoms with van der Waals surface area (Å²) in [5.41, 5.74) is 4.98. The van der Waals surface area contributed by atoms with E-state index in [1.807, 2.05) is 22.1 Å². The third-order valence-electron chi connectivity index (χ3n) is 9.23. The number of amides is 2. The molecule has 5 rings (SSSR count). The van der Waals surface area contributed by atoms with Crippen molar-refractivity contribution in [3.05, 3.63) is 60.7 Å². The molecule has 1 aromatic carbocycles. The molecule has 0 radical (unpaired) electrons. The maximum absolute atomic E-state index is 13.3. The Morgan fingerprint density at radius 2 is 1.51 bits per heavy atom. The molecule has 0 bridgehead atoms. The fourth-order valence-electron chi connectivity index (χ4n) is 6.98. The Balaban J connectivity index is 0.00000423. The molecule has 1 aromatic heterocycles. The number of carbonyl (C=O) groups excluding carboxylic acids is 3. The number of unbranched alkanes of at least 4 members (excludes halogenated alkanes) is 1. The molecule has 0 N–H and O–H groups in total. The largest absolute Gasteiger partial charge is 1.00 e. The molecule has 43 heavy (non-hydrogen) atoms. The van der Waals surface area contributed by atoms with Gasteiger partial charge in [-0.1, -0.05) is 27.5 Å². The second-order valence-corrected chi connectivity index (χ2v) is 14.2. The van der Waals surface area contributed by atoms with Crippen molar-refractivity contribution in [2.24, 2.45) is 11.8 Å². The molecule has 1 atom stereocenters. The molecule has 2 fully saturated rings. The van der Waals surface area contributed by atoms with Crippen LogP contribution in [0, 0.1) is 11.8 Å². The first-order chi connectivity index (χ1) is 20.2. The summed E-state index contributed by atoms with van der Waals surface area (Å²) in [5.74, 6) is 0.0474. The van der Waals surface area contributed by atoms with Crippen LogP contribution >= 0.6 is 43.5 Å². The molecule has 226 valence electrons. The molecule has 3 heterocycles. The van der Waals surface area contributed by atoms with E-state index in [4.69, 9.17) is 16.6 Å². The van der Waals surface area contributed by atoms with E-state index in [1.165, 1.54) is 16.7 Å². The van der Waals surface area contributed by atoms with Crippen molar-refractivity contribution in [2.45, 2.75) is 76.5 Å².